The van der Waals surface area contributed by atoms with Crippen LogP contribution in [0.2, 0.25) is 0 Å². The quantitative estimate of drug-likeness (QED) is 0.865. The molecule has 0 amide bonds. The second-order valence-electron chi connectivity index (χ2n) is 3.54. The van der Waals surface area contributed by atoms with E-state index < -0.39 is 6.10 Å². The standard InChI is InChI=1S/C11H10Br2N2O2S/c1-17-10-3-6(14-5-15-10)2-8(16)9-4-7(12)11(13)18-9/h3-5,8,16H,2H2,1H3. The van der Waals surface area contributed by atoms with Crippen LogP contribution in [0.1, 0.15) is 16.7 Å². The maximum absolute atomic E-state index is 10.1. The fourth-order valence-corrected chi connectivity index (χ4v) is 3.50. The Morgan fingerprint density at radius 1 is 1.39 bits per heavy atom. The average molecular weight is 394 g/mol. The van der Waals surface area contributed by atoms with Crippen molar-refractivity contribution in [3.63, 3.8) is 0 Å². The lowest BCUT2D eigenvalue weighted by Gasteiger charge is -2.08. The minimum atomic E-state index is -0.586. The van der Waals surface area contributed by atoms with Crippen molar-refractivity contribution < 1.29 is 9.84 Å². The van der Waals surface area contributed by atoms with Gasteiger partial charge in [0.1, 0.15) is 6.33 Å². The molecular weight excluding hydrogens is 384 g/mol. The van der Waals surface area contributed by atoms with E-state index in [9.17, 15) is 5.11 Å². The maximum atomic E-state index is 10.1. The first kappa shape index (κ1) is 13.9. The first-order chi connectivity index (χ1) is 8.60. The van der Waals surface area contributed by atoms with Crippen LogP contribution in [-0.2, 0) is 6.42 Å². The van der Waals surface area contributed by atoms with Gasteiger partial charge in [-0.05, 0) is 37.9 Å². The monoisotopic (exact) mass is 392 g/mol. The largest absolute Gasteiger partial charge is 0.481 e. The van der Waals surface area contributed by atoms with Gasteiger partial charge in [-0.3, -0.25) is 0 Å². The lowest BCUT2D eigenvalue weighted by molar-refractivity contribution is 0.181. The molecule has 2 aromatic heterocycles. The summed E-state index contributed by atoms with van der Waals surface area (Å²) in [6.45, 7) is 0. The lowest BCUT2D eigenvalue weighted by atomic mass is 10.1. The van der Waals surface area contributed by atoms with Gasteiger partial charge in [0.2, 0.25) is 5.88 Å². The first-order valence-corrected chi connectivity index (χ1v) is 7.48. The van der Waals surface area contributed by atoms with E-state index in [2.05, 4.69) is 41.8 Å². The van der Waals surface area contributed by atoms with Crippen LogP contribution in [0.25, 0.3) is 0 Å². The molecule has 0 aliphatic heterocycles. The highest BCUT2D eigenvalue weighted by Crippen LogP contribution is 2.36. The Bertz CT molecular complexity index is 528. The number of rotatable bonds is 4. The summed E-state index contributed by atoms with van der Waals surface area (Å²) in [4.78, 5) is 8.92. The highest BCUT2D eigenvalue weighted by molar-refractivity contribution is 9.13. The zero-order valence-electron chi connectivity index (χ0n) is 9.43. The summed E-state index contributed by atoms with van der Waals surface area (Å²) in [7, 11) is 1.55. The van der Waals surface area contributed by atoms with Gasteiger partial charge in [-0.2, -0.15) is 0 Å². The van der Waals surface area contributed by atoms with Gasteiger partial charge in [-0.15, -0.1) is 11.3 Å². The van der Waals surface area contributed by atoms with Crippen molar-refractivity contribution in [3.05, 3.63) is 37.3 Å². The van der Waals surface area contributed by atoms with Gasteiger partial charge in [-0.25, -0.2) is 9.97 Å². The zero-order chi connectivity index (χ0) is 13.1. The molecule has 0 aliphatic carbocycles. The van der Waals surface area contributed by atoms with E-state index in [0.717, 1.165) is 18.8 Å². The van der Waals surface area contributed by atoms with E-state index in [1.807, 2.05) is 6.07 Å². The third-order valence-corrected chi connectivity index (χ3v) is 5.66. The van der Waals surface area contributed by atoms with Crippen LogP contribution in [0.15, 0.2) is 26.7 Å². The highest BCUT2D eigenvalue weighted by Gasteiger charge is 2.14. The Labute approximate surface area is 125 Å². The first-order valence-electron chi connectivity index (χ1n) is 5.08. The SMILES string of the molecule is COc1cc(CC(O)c2cc(Br)c(Br)s2)ncn1. The van der Waals surface area contributed by atoms with Crippen LogP contribution < -0.4 is 4.74 Å². The van der Waals surface area contributed by atoms with Crippen molar-refractivity contribution >= 4 is 43.2 Å². The van der Waals surface area contributed by atoms with E-state index >= 15 is 0 Å². The summed E-state index contributed by atoms with van der Waals surface area (Å²) in [5, 5.41) is 10.1. The van der Waals surface area contributed by atoms with Crippen LogP contribution in [0, 0.1) is 0 Å². The Balaban J connectivity index is 2.13. The lowest BCUT2D eigenvalue weighted by Crippen LogP contribution is -2.02. The Morgan fingerprint density at radius 3 is 2.78 bits per heavy atom. The third-order valence-electron chi connectivity index (χ3n) is 2.30. The molecule has 1 unspecified atom stereocenters. The van der Waals surface area contributed by atoms with Crippen molar-refractivity contribution in [3.8, 4) is 5.88 Å². The van der Waals surface area contributed by atoms with Crippen LogP contribution in [0.4, 0.5) is 0 Å². The molecule has 1 N–H and O–H groups in total. The van der Waals surface area contributed by atoms with E-state index in [0.29, 0.717) is 12.3 Å². The van der Waals surface area contributed by atoms with Crippen molar-refractivity contribution in [1.29, 1.82) is 0 Å². The molecule has 0 fully saturated rings. The molecule has 0 saturated heterocycles. The summed E-state index contributed by atoms with van der Waals surface area (Å²) in [5.41, 5.74) is 0.745. The minimum absolute atomic E-state index is 0.429. The molecule has 0 bridgehead atoms. The second-order valence-corrected chi connectivity index (χ2v) is 6.80. The van der Waals surface area contributed by atoms with Crippen molar-refractivity contribution in [2.24, 2.45) is 0 Å². The molecule has 1 atom stereocenters. The number of aliphatic hydroxyl groups excluding tert-OH is 1. The number of aliphatic hydroxyl groups is 1. The van der Waals surface area contributed by atoms with Gasteiger partial charge in [0.05, 0.1) is 22.7 Å². The van der Waals surface area contributed by atoms with E-state index in [4.69, 9.17) is 4.74 Å². The predicted molar refractivity (Wildman–Crippen MR) is 77.0 cm³/mol. The zero-order valence-corrected chi connectivity index (χ0v) is 13.4. The van der Waals surface area contributed by atoms with Crippen LogP contribution in [0.5, 0.6) is 5.88 Å². The molecule has 0 aromatic carbocycles. The summed E-state index contributed by atoms with van der Waals surface area (Å²) in [6, 6.07) is 3.62. The van der Waals surface area contributed by atoms with Crippen molar-refractivity contribution in [1.82, 2.24) is 9.97 Å². The summed E-state index contributed by atoms with van der Waals surface area (Å²) in [5.74, 6) is 0.501. The molecule has 2 heterocycles. The smallest absolute Gasteiger partial charge is 0.216 e. The molecule has 7 heteroatoms. The van der Waals surface area contributed by atoms with Crippen LogP contribution in [0.3, 0.4) is 0 Å². The number of aromatic nitrogens is 2. The topological polar surface area (TPSA) is 55.2 Å². The predicted octanol–water partition coefficient (Wildman–Crippen LogP) is 3.35. The molecule has 0 spiro atoms. The van der Waals surface area contributed by atoms with Gasteiger partial charge < -0.3 is 9.84 Å². The molecule has 0 radical (unpaired) electrons. The van der Waals surface area contributed by atoms with Gasteiger partial charge in [0, 0.05) is 21.8 Å². The summed E-state index contributed by atoms with van der Waals surface area (Å²) >= 11 is 8.30. The Morgan fingerprint density at radius 2 is 2.17 bits per heavy atom. The average Bonchev–Trinajstić information content (AvgIpc) is 2.70. The molecule has 18 heavy (non-hydrogen) atoms. The number of ether oxygens (including phenoxy) is 1. The molecule has 2 rings (SSSR count). The van der Waals surface area contributed by atoms with E-state index in [1.54, 1.807) is 13.2 Å². The highest BCUT2D eigenvalue weighted by atomic mass is 79.9. The molecule has 0 aliphatic rings. The van der Waals surface area contributed by atoms with E-state index in [1.165, 1.54) is 17.7 Å². The number of hydrogen-bond acceptors (Lipinski definition) is 5. The molecule has 2 aromatic rings. The Kier molecular flexibility index (Phi) is 4.71. The van der Waals surface area contributed by atoms with Gasteiger partial charge in [-0.1, -0.05) is 0 Å². The normalized spacial score (nSPS) is 12.4. The van der Waals surface area contributed by atoms with Gasteiger partial charge in [0.25, 0.3) is 0 Å². The van der Waals surface area contributed by atoms with Gasteiger partial charge in [0.15, 0.2) is 0 Å². The van der Waals surface area contributed by atoms with Crippen molar-refractivity contribution in [2.75, 3.05) is 7.11 Å². The van der Waals surface area contributed by atoms with E-state index in [-0.39, 0.29) is 0 Å². The second kappa shape index (κ2) is 6.10. The maximum Gasteiger partial charge on any atom is 0.216 e. The van der Waals surface area contributed by atoms with Gasteiger partial charge >= 0.3 is 0 Å². The number of hydrogen-bond donors (Lipinski definition) is 1. The fourth-order valence-electron chi connectivity index (χ4n) is 1.43. The number of methoxy groups -OCH3 is 1. The minimum Gasteiger partial charge on any atom is -0.481 e. The number of nitrogens with zero attached hydrogens (tertiary/aromatic N) is 2. The molecular formula is C11H10Br2N2O2S. The number of thiophene rings is 1. The fraction of sp³-hybridized carbons (Fsp3) is 0.273. The van der Waals surface area contributed by atoms with Crippen molar-refractivity contribution in [2.45, 2.75) is 12.5 Å². The molecule has 96 valence electrons. The molecule has 0 saturated carbocycles. The third kappa shape index (κ3) is 3.28. The summed E-state index contributed by atoms with van der Waals surface area (Å²) in [6.07, 6.45) is 1.27. The number of halogens is 2. The Hall–Kier alpha value is -0.500. The molecule has 4 nitrogen and oxygen atoms in total. The van der Waals surface area contributed by atoms with Crippen LogP contribution in [-0.4, -0.2) is 22.2 Å². The van der Waals surface area contributed by atoms with Crippen LogP contribution >= 0.6 is 43.2 Å². The summed E-state index contributed by atoms with van der Waals surface area (Å²) < 4.78 is 6.94.